The van der Waals surface area contributed by atoms with E-state index < -0.39 is 5.60 Å². The van der Waals surface area contributed by atoms with Gasteiger partial charge in [-0.1, -0.05) is 143 Å². The predicted octanol–water partition coefficient (Wildman–Crippen LogP) is 10.4. The van der Waals surface area contributed by atoms with Crippen LogP contribution < -0.4 is 0 Å². The molecule has 0 aromatic heterocycles. The Morgan fingerprint density at radius 3 is 2.03 bits per heavy atom. The molecule has 0 amide bonds. The van der Waals surface area contributed by atoms with Gasteiger partial charge in [0.25, 0.3) is 0 Å². The van der Waals surface area contributed by atoms with Gasteiger partial charge in [0.1, 0.15) is 5.60 Å². The molecule has 38 heavy (non-hydrogen) atoms. The first kappa shape index (κ1) is 27.4. The number of allylic oxidation sites excluding steroid dienone is 1. The number of aliphatic hydroxyl groups is 1. The van der Waals surface area contributed by atoms with Crippen molar-refractivity contribution in [3.05, 3.63) is 145 Å². The van der Waals surface area contributed by atoms with Crippen molar-refractivity contribution < 1.29 is 5.11 Å². The second-order valence-electron chi connectivity index (χ2n) is 11.2. The summed E-state index contributed by atoms with van der Waals surface area (Å²) in [6.45, 7) is 6.72. The van der Waals surface area contributed by atoms with Gasteiger partial charge < -0.3 is 5.11 Å². The molecule has 1 N–H and O–H groups in total. The standard InChI is InChI=1S/C34H31Br2ClO/c1-33(2,3)23-18-16-22(17-19-23)32-26(24-10-4-7-13-29(24)35)20-34(38,28-12-6-9-15-31(28)37)21-27(32)25-11-5-8-14-30(25)36/h4-20,27,32,38H,21H2,1-3H3. The molecule has 0 saturated carbocycles. The molecule has 0 bridgehead atoms. The molecular formula is C34H31Br2ClO. The molecule has 4 aromatic carbocycles. The van der Waals surface area contributed by atoms with E-state index in [0.717, 1.165) is 25.6 Å². The predicted molar refractivity (Wildman–Crippen MR) is 167 cm³/mol. The van der Waals surface area contributed by atoms with Crippen LogP contribution in [-0.2, 0) is 11.0 Å². The van der Waals surface area contributed by atoms with Gasteiger partial charge in [0.15, 0.2) is 0 Å². The van der Waals surface area contributed by atoms with E-state index in [2.05, 4.69) is 113 Å². The lowest BCUT2D eigenvalue weighted by atomic mass is 9.64. The summed E-state index contributed by atoms with van der Waals surface area (Å²) in [4.78, 5) is 0. The Kier molecular flexibility index (Phi) is 7.77. The van der Waals surface area contributed by atoms with Crippen molar-refractivity contribution in [2.75, 3.05) is 0 Å². The second kappa shape index (κ2) is 10.8. The minimum Gasteiger partial charge on any atom is -0.381 e. The van der Waals surface area contributed by atoms with Gasteiger partial charge in [-0.3, -0.25) is 0 Å². The van der Waals surface area contributed by atoms with Crippen LogP contribution in [0.15, 0.2) is 112 Å². The second-order valence-corrected chi connectivity index (χ2v) is 13.3. The van der Waals surface area contributed by atoms with E-state index in [0.29, 0.717) is 11.4 Å². The van der Waals surface area contributed by atoms with Crippen LogP contribution >= 0.6 is 43.5 Å². The largest absolute Gasteiger partial charge is 0.381 e. The summed E-state index contributed by atoms with van der Waals surface area (Å²) in [7, 11) is 0. The van der Waals surface area contributed by atoms with Crippen molar-refractivity contribution in [2.45, 2.75) is 50.0 Å². The van der Waals surface area contributed by atoms with E-state index in [1.807, 2.05) is 42.5 Å². The molecule has 1 aliphatic rings. The molecule has 3 atom stereocenters. The molecule has 194 valence electrons. The lowest BCUT2D eigenvalue weighted by Gasteiger charge is -2.42. The first-order valence-corrected chi connectivity index (χ1v) is 14.8. The van der Waals surface area contributed by atoms with Gasteiger partial charge in [-0.2, -0.15) is 0 Å². The third-order valence-corrected chi connectivity index (χ3v) is 9.37. The summed E-state index contributed by atoms with van der Waals surface area (Å²) in [5, 5.41) is 13.0. The van der Waals surface area contributed by atoms with Gasteiger partial charge in [0.05, 0.1) is 0 Å². The zero-order chi connectivity index (χ0) is 27.1. The molecular weight excluding hydrogens is 620 g/mol. The molecule has 0 heterocycles. The van der Waals surface area contributed by atoms with Crippen LogP contribution in [0.2, 0.25) is 5.02 Å². The maximum atomic E-state index is 12.4. The van der Waals surface area contributed by atoms with Crippen LogP contribution in [-0.4, -0.2) is 5.11 Å². The van der Waals surface area contributed by atoms with E-state index >= 15 is 0 Å². The summed E-state index contributed by atoms with van der Waals surface area (Å²) < 4.78 is 2.04. The molecule has 4 aromatic rings. The van der Waals surface area contributed by atoms with Crippen LogP contribution in [0, 0.1) is 0 Å². The molecule has 0 fully saturated rings. The zero-order valence-electron chi connectivity index (χ0n) is 21.8. The Labute approximate surface area is 247 Å². The first-order chi connectivity index (χ1) is 18.1. The van der Waals surface area contributed by atoms with E-state index in [1.54, 1.807) is 0 Å². The number of halogens is 3. The lowest BCUT2D eigenvalue weighted by molar-refractivity contribution is 0.0644. The summed E-state index contributed by atoms with van der Waals surface area (Å²) in [5.74, 6) is 0.00335. The highest BCUT2D eigenvalue weighted by molar-refractivity contribution is 9.10. The van der Waals surface area contributed by atoms with Gasteiger partial charge in [0.2, 0.25) is 0 Å². The van der Waals surface area contributed by atoms with Crippen molar-refractivity contribution in [3.63, 3.8) is 0 Å². The first-order valence-electron chi connectivity index (χ1n) is 12.9. The summed E-state index contributed by atoms with van der Waals surface area (Å²) in [6, 6.07) is 33.3. The molecule has 0 radical (unpaired) electrons. The van der Waals surface area contributed by atoms with E-state index in [-0.39, 0.29) is 17.3 Å². The average Bonchev–Trinajstić information content (AvgIpc) is 2.88. The molecule has 0 aliphatic heterocycles. The van der Waals surface area contributed by atoms with Crippen LogP contribution in [0.5, 0.6) is 0 Å². The zero-order valence-corrected chi connectivity index (χ0v) is 25.7. The van der Waals surface area contributed by atoms with Crippen LogP contribution in [0.4, 0.5) is 0 Å². The SMILES string of the molecule is CC(C)(C)c1ccc(C2C(c3ccccc3Br)=CC(O)(c3ccccc3Cl)CC2c2ccccc2Br)cc1. The number of benzene rings is 4. The summed E-state index contributed by atoms with van der Waals surface area (Å²) in [5.41, 5.74) is 5.39. The van der Waals surface area contributed by atoms with Crippen molar-refractivity contribution in [1.29, 1.82) is 0 Å². The molecule has 1 nitrogen and oxygen atoms in total. The Bertz CT molecular complexity index is 1490. The Hall–Kier alpha value is -2.17. The Morgan fingerprint density at radius 2 is 1.39 bits per heavy atom. The molecule has 3 unspecified atom stereocenters. The number of hydrogen-bond donors (Lipinski definition) is 1. The number of hydrogen-bond acceptors (Lipinski definition) is 1. The van der Waals surface area contributed by atoms with Gasteiger partial charge >= 0.3 is 0 Å². The molecule has 1 aliphatic carbocycles. The van der Waals surface area contributed by atoms with Crippen molar-refractivity contribution in [2.24, 2.45) is 0 Å². The van der Waals surface area contributed by atoms with Crippen LogP contribution in [0.25, 0.3) is 5.57 Å². The molecule has 0 saturated heterocycles. The Balaban J connectivity index is 1.79. The third kappa shape index (κ3) is 5.31. The summed E-state index contributed by atoms with van der Waals surface area (Å²) in [6.07, 6.45) is 2.54. The van der Waals surface area contributed by atoms with Gasteiger partial charge in [-0.15, -0.1) is 0 Å². The maximum absolute atomic E-state index is 12.4. The fourth-order valence-electron chi connectivity index (χ4n) is 5.68. The highest BCUT2D eigenvalue weighted by atomic mass is 79.9. The quantitative estimate of drug-likeness (QED) is 0.233. The molecule has 0 spiro atoms. The van der Waals surface area contributed by atoms with Crippen molar-refractivity contribution >= 4 is 49.0 Å². The topological polar surface area (TPSA) is 20.2 Å². The van der Waals surface area contributed by atoms with E-state index in [9.17, 15) is 5.11 Å². The highest BCUT2D eigenvalue weighted by Crippen LogP contribution is 2.56. The maximum Gasteiger partial charge on any atom is 0.110 e. The fraction of sp³-hybridized carbons (Fsp3) is 0.235. The average molecular weight is 651 g/mol. The van der Waals surface area contributed by atoms with Crippen molar-refractivity contribution in [3.8, 4) is 0 Å². The van der Waals surface area contributed by atoms with Gasteiger partial charge in [-0.25, -0.2) is 0 Å². The number of rotatable bonds is 4. The van der Waals surface area contributed by atoms with E-state index in [4.69, 9.17) is 11.6 Å². The van der Waals surface area contributed by atoms with Crippen LogP contribution in [0.1, 0.15) is 66.8 Å². The lowest BCUT2D eigenvalue weighted by Crippen LogP contribution is -2.34. The van der Waals surface area contributed by atoms with Crippen molar-refractivity contribution in [1.82, 2.24) is 0 Å². The normalized spacial score (nSPS) is 21.7. The molecule has 4 heteroatoms. The fourth-order valence-corrected chi connectivity index (χ4v) is 7.08. The van der Waals surface area contributed by atoms with Gasteiger partial charge in [-0.05, 0) is 69.9 Å². The third-order valence-electron chi connectivity index (χ3n) is 7.63. The Morgan fingerprint density at radius 1 is 0.789 bits per heavy atom. The smallest absolute Gasteiger partial charge is 0.110 e. The summed E-state index contributed by atoms with van der Waals surface area (Å²) >= 11 is 14.3. The monoisotopic (exact) mass is 648 g/mol. The molecule has 5 rings (SSSR count). The van der Waals surface area contributed by atoms with Crippen LogP contribution in [0.3, 0.4) is 0 Å². The van der Waals surface area contributed by atoms with Gasteiger partial charge in [0, 0.05) is 25.4 Å². The minimum absolute atomic E-state index is 0.0144. The minimum atomic E-state index is -1.25. The van der Waals surface area contributed by atoms with E-state index in [1.165, 1.54) is 16.7 Å². The highest BCUT2D eigenvalue weighted by Gasteiger charge is 2.44.